The summed E-state index contributed by atoms with van der Waals surface area (Å²) in [6, 6.07) is 11.4. The average Bonchev–Trinajstić information content (AvgIpc) is 3.61. The standard InChI is InChI=1S/C33H31ClF4N6O3S/c1-18(2)12-39-13-22(47-32(45)33(36,37)38)14-44-15-24-26(43-44)8-7-23-28-30(40-17-41-31(28)48-29(23)24)42-21-6-9-27(25(34)11-21)46-16-19-4-3-5-20(35)10-19/h3-6,9-11,15,17-18,22,39H,7-8,12-14,16H2,1-2H3,(H,40,41,42)/t22-/m1/s1. The number of esters is 1. The maximum atomic E-state index is 13.5. The molecule has 2 N–H and O–H groups in total. The Morgan fingerprint density at radius 3 is 2.71 bits per heavy atom. The first-order chi connectivity index (χ1) is 22.9. The first-order valence-corrected chi connectivity index (χ1v) is 16.4. The van der Waals surface area contributed by atoms with E-state index in [-0.39, 0.29) is 31.4 Å². The fourth-order valence-corrected chi connectivity index (χ4v) is 6.90. The zero-order chi connectivity index (χ0) is 34.0. The smallest absolute Gasteiger partial charge is 0.487 e. The van der Waals surface area contributed by atoms with Gasteiger partial charge in [0.1, 0.15) is 41.3 Å². The summed E-state index contributed by atoms with van der Waals surface area (Å²) in [5, 5.41) is 12.3. The molecule has 0 radical (unpaired) electrons. The van der Waals surface area contributed by atoms with Crippen LogP contribution in [0.2, 0.25) is 5.02 Å². The third kappa shape index (κ3) is 7.71. The lowest BCUT2D eigenvalue weighted by atomic mass is 9.95. The normalized spacial score (nSPS) is 13.3. The van der Waals surface area contributed by atoms with E-state index in [1.54, 1.807) is 41.2 Å². The number of carbonyl (C=O) groups is 1. The van der Waals surface area contributed by atoms with E-state index in [4.69, 9.17) is 21.1 Å². The molecule has 252 valence electrons. The quantitative estimate of drug-likeness (QED) is 0.102. The van der Waals surface area contributed by atoms with Gasteiger partial charge in [0.25, 0.3) is 0 Å². The molecule has 0 bridgehead atoms. The lowest BCUT2D eigenvalue weighted by molar-refractivity contribution is -0.205. The van der Waals surface area contributed by atoms with Gasteiger partial charge in [-0.05, 0) is 66.8 Å². The second-order valence-corrected chi connectivity index (χ2v) is 13.2. The van der Waals surface area contributed by atoms with E-state index in [0.717, 1.165) is 31.9 Å². The highest BCUT2D eigenvalue weighted by Gasteiger charge is 2.42. The second-order valence-electron chi connectivity index (χ2n) is 11.8. The highest BCUT2D eigenvalue weighted by atomic mass is 35.5. The van der Waals surface area contributed by atoms with Crippen molar-refractivity contribution in [2.24, 2.45) is 5.92 Å². The van der Waals surface area contributed by atoms with E-state index in [0.29, 0.717) is 47.2 Å². The van der Waals surface area contributed by atoms with Crippen LogP contribution in [0.25, 0.3) is 20.7 Å². The third-order valence-electron chi connectivity index (χ3n) is 7.58. The highest BCUT2D eigenvalue weighted by Crippen LogP contribution is 2.45. The number of ether oxygens (including phenoxy) is 2. The minimum Gasteiger partial charge on any atom is -0.487 e. The van der Waals surface area contributed by atoms with Crippen LogP contribution in [0.1, 0.15) is 30.7 Å². The average molecular weight is 703 g/mol. The Hall–Kier alpha value is -4.27. The predicted molar refractivity (Wildman–Crippen MR) is 175 cm³/mol. The Bertz CT molecular complexity index is 1950. The number of anilines is 2. The molecular weight excluding hydrogens is 672 g/mol. The van der Waals surface area contributed by atoms with Crippen molar-refractivity contribution in [3.8, 4) is 16.2 Å². The van der Waals surface area contributed by atoms with Gasteiger partial charge in [0, 0.05) is 28.9 Å². The van der Waals surface area contributed by atoms with E-state index in [1.165, 1.54) is 29.8 Å². The number of alkyl halides is 3. The SMILES string of the molecule is CC(C)CNC[C@H](Cn1cc2c(n1)CCc1c-2sc2ncnc(Nc3ccc(OCc4cccc(F)c4)c(Cl)c3)c12)OC(=O)C(F)(F)F. The largest absolute Gasteiger partial charge is 0.490 e. The van der Waals surface area contributed by atoms with E-state index >= 15 is 0 Å². The Labute approximate surface area is 282 Å². The molecule has 0 amide bonds. The summed E-state index contributed by atoms with van der Waals surface area (Å²) in [7, 11) is 0. The van der Waals surface area contributed by atoms with Gasteiger partial charge in [0.15, 0.2) is 0 Å². The van der Waals surface area contributed by atoms with Crippen molar-refractivity contribution in [2.45, 2.75) is 52.1 Å². The number of aromatic nitrogens is 4. The number of fused-ring (bicyclic) bond motifs is 5. The van der Waals surface area contributed by atoms with Crippen LogP contribution in [0.3, 0.4) is 0 Å². The Balaban J connectivity index is 1.21. The number of nitrogens with zero attached hydrogens (tertiary/aromatic N) is 4. The molecule has 0 saturated carbocycles. The topological polar surface area (TPSA) is 103 Å². The molecule has 3 aromatic heterocycles. The van der Waals surface area contributed by atoms with Crippen LogP contribution in [-0.4, -0.2) is 51.1 Å². The molecule has 0 fully saturated rings. The van der Waals surface area contributed by atoms with Crippen molar-refractivity contribution in [2.75, 3.05) is 18.4 Å². The molecular formula is C33H31ClF4N6O3S. The third-order valence-corrected chi connectivity index (χ3v) is 9.05. The number of thiophene rings is 1. The number of halogens is 5. The Morgan fingerprint density at radius 1 is 1.12 bits per heavy atom. The molecule has 5 aromatic rings. The summed E-state index contributed by atoms with van der Waals surface area (Å²) in [5.74, 6) is -1.27. The van der Waals surface area contributed by atoms with E-state index in [9.17, 15) is 22.4 Å². The molecule has 0 aliphatic heterocycles. The molecule has 1 aliphatic carbocycles. The van der Waals surface area contributed by atoms with Crippen molar-refractivity contribution in [3.63, 3.8) is 0 Å². The summed E-state index contributed by atoms with van der Waals surface area (Å²) in [6.45, 7) is 4.66. The summed E-state index contributed by atoms with van der Waals surface area (Å²) in [5.41, 5.74) is 4.03. The molecule has 6 rings (SSSR count). The van der Waals surface area contributed by atoms with Crippen LogP contribution < -0.4 is 15.4 Å². The number of nitrogens with one attached hydrogen (secondary N) is 2. The van der Waals surface area contributed by atoms with Crippen LogP contribution in [0.4, 0.5) is 29.1 Å². The first kappa shape index (κ1) is 33.6. The second kappa shape index (κ2) is 14.1. The van der Waals surface area contributed by atoms with Crippen molar-refractivity contribution in [1.82, 2.24) is 25.1 Å². The Kier molecular flexibility index (Phi) is 9.85. The molecule has 1 aliphatic rings. The molecule has 0 saturated heterocycles. The van der Waals surface area contributed by atoms with Crippen LogP contribution >= 0.6 is 22.9 Å². The molecule has 15 heteroatoms. The summed E-state index contributed by atoms with van der Waals surface area (Å²) in [6.07, 6.45) is -1.67. The fourth-order valence-electron chi connectivity index (χ4n) is 5.44. The summed E-state index contributed by atoms with van der Waals surface area (Å²) >= 11 is 8.00. The van der Waals surface area contributed by atoms with Crippen molar-refractivity contribution in [3.05, 3.63) is 82.6 Å². The van der Waals surface area contributed by atoms with Gasteiger partial charge in [-0.25, -0.2) is 19.2 Å². The number of aryl methyl sites for hydroxylation is 2. The highest BCUT2D eigenvalue weighted by molar-refractivity contribution is 7.22. The maximum Gasteiger partial charge on any atom is 0.490 e. The van der Waals surface area contributed by atoms with Crippen LogP contribution in [-0.2, 0) is 35.5 Å². The predicted octanol–water partition coefficient (Wildman–Crippen LogP) is 7.49. The summed E-state index contributed by atoms with van der Waals surface area (Å²) < 4.78 is 64.7. The maximum absolute atomic E-state index is 13.5. The monoisotopic (exact) mass is 702 g/mol. The minimum absolute atomic E-state index is 0.0462. The zero-order valence-corrected chi connectivity index (χ0v) is 27.5. The molecule has 0 spiro atoms. The minimum atomic E-state index is -5.09. The Morgan fingerprint density at radius 2 is 1.96 bits per heavy atom. The van der Waals surface area contributed by atoms with Crippen molar-refractivity contribution < 1.29 is 31.8 Å². The van der Waals surface area contributed by atoms with Gasteiger partial charge >= 0.3 is 12.1 Å². The fraction of sp³-hybridized carbons (Fsp3) is 0.333. The number of benzene rings is 2. The number of carbonyl (C=O) groups excluding carboxylic acids is 1. The van der Waals surface area contributed by atoms with Crippen molar-refractivity contribution in [1.29, 1.82) is 0 Å². The number of hydrogen-bond donors (Lipinski definition) is 2. The van der Waals surface area contributed by atoms with Gasteiger partial charge in [-0.3, -0.25) is 4.68 Å². The van der Waals surface area contributed by atoms with Crippen molar-refractivity contribution >= 4 is 50.6 Å². The number of hydrogen-bond acceptors (Lipinski definition) is 9. The van der Waals surface area contributed by atoms with Gasteiger partial charge < -0.3 is 20.1 Å². The van der Waals surface area contributed by atoms with E-state index in [2.05, 4.69) is 25.7 Å². The van der Waals surface area contributed by atoms with Crippen LogP contribution in [0.15, 0.2) is 55.0 Å². The van der Waals surface area contributed by atoms with Crippen LogP contribution in [0.5, 0.6) is 5.75 Å². The van der Waals surface area contributed by atoms with Gasteiger partial charge in [-0.2, -0.15) is 18.3 Å². The van der Waals surface area contributed by atoms with E-state index < -0.39 is 18.2 Å². The first-order valence-electron chi connectivity index (χ1n) is 15.2. The molecule has 9 nitrogen and oxygen atoms in total. The molecule has 1 atom stereocenters. The van der Waals surface area contributed by atoms with Gasteiger partial charge in [-0.1, -0.05) is 37.6 Å². The van der Waals surface area contributed by atoms with Gasteiger partial charge in [0.2, 0.25) is 0 Å². The zero-order valence-electron chi connectivity index (χ0n) is 25.9. The lowest BCUT2D eigenvalue weighted by Crippen LogP contribution is -2.39. The molecule has 48 heavy (non-hydrogen) atoms. The molecule has 2 aromatic carbocycles. The van der Waals surface area contributed by atoms with Crippen LogP contribution in [0, 0.1) is 11.7 Å². The summed E-state index contributed by atoms with van der Waals surface area (Å²) in [4.78, 5) is 22.4. The lowest BCUT2D eigenvalue weighted by Gasteiger charge is -2.20. The molecule has 3 heterocycles. The van der Waals surface area contributed by atoms with Gasteiger partial charge in [-0.15, -0.1) is 11.3 Å². The number of rotatable bonds is 12. The van der Waals surface area contributed by atoms with Gasteiger partial charge in [0.05, 0.1) is 22.6 Å². The molecule has 0 unspecified atom stereocenters. The van der Waals surface area contributed by atoms with E-state index in [1.807, 2.05) is 13.8 Å².